The van der Waals surface area contributed by atoms with E-state index in [1.54, 1.807) is 7.11 Å². The van der Waals surface area contributed by atoms with Crippen LogP contribution in [-0.4, -0.2) is 40.7 Å². The number of benzene rings is 2. The van der Waals surface area contributed by atoms with Crippen LogP contribution in [0.4, 0.5) is 0 Å². The van der Waals surface area contributed by atoms with E-state index in [0.29, 0.717) is 6.61 Å². The van der Waals surface area contributed by atoms with Gasteiger partial charge in [-0.3, -0.25) is 0 Å². The summed E-state index contributed by atoms with van der Waals surface area (Å²) in [5.74, 6) is 0. The predicted molar refractivity (Wildman–Crippen MR) is 111 cm³/mol. The minimum Gasteiger partial charge on any atom is -0.406 e. The molecule has 1 N–H and O–H groups in total. The molecule has 1 fully saturated rings. The van der Waals surface area contributed by atoms with Crippen molar-refractivity contribution in [1.29, 1.82) is 0 Å². The van der Waals surface area contributed by atoms with Crippen LogP contribution in [0, 0.1) is 0 Å². The maximum atomic E-state index is 6.98. The summed E-state index contributed by atoms with van der Waals surface area (Å²) in [6.45, 7) is 8.61. The van der Waals surface area contributed by atoms with Crippen LogP contribution in [0.1, 0.15) is 27.2 Å². The molecule has 0 radical (unpaired) electrons. The van der Waals surface area contributed by atoms with E-state index in [1.807, 2.05) is 0 Å². The van der Waals surface area contributed by atoms with Crippen molar-refractivity contribution in [2.75, 3.05) is 20.3 Å². The molecular formula is C22H31NO2Si. The molecule has 1 aliphatic heterocycles. The van der Waals surface area contributed by atoms with E-state index in [0.717, 1.165) is 13.0 Å². The molecule has 1 aliphatic rings. The fourth-order valence-corrected chi connectivity index (χ4v) is 8.75. The van der Waals surface area contributed by atoms with Gasteiger partial charge in [0.05, 0.1) is 18.8 Å². The summed E-state index contributed by atoms with van der Waals surface area (Å²) in [5, 5.41) is 6.22. The summed E-state index contributed by atoms with van der Waals surface area (Å²) in [6, 6.07) is 21.9. The van der Waals surface area contributed by atoms with Gasteiger partial charge in [0.15, 0.2) is 0 Å². The van der Waals surface area contributed by atoms with E-state index in [2.05, 4.69) is 86.8 Å². The Labute approximate surface area is 158 Å². The summed E-state index contributed by atoms with van der Waals surface area (Å²) < 4.78 is 12.6. The average molecular weight is 370 g/mol. The lowest BCUT2D eigenvalue weighted by Gasteiger charge is -2.43. The largest absolute Gasteiger partial charge is 0.406 e. The van der Waals surface area contributed by atoms with Crippen LogP contribution >= 0.6 is 0 Å². The van der Waals surface area contributed by atoms with Gasteiger partial charge in [0.2, 0.25) is 0 Å². The zero-order valence-corrected chi connectivity index (χ0v) is 17.4. The van der Waals surface area contributed by atoms with Gasteiger partial charge in [-0.05, 0) is 28.4 Å². The molecule has 0 bridgehead atoms. The van der Waals surface area contributed by atoms with Crippen molar-refractivity contribution in [3.63, 3.8) is 0 Å². The van der Waals surface area contributed by atoms with Crippen molar-refractivity contribution in [3.8, 4) is 0 Å². The van der Waals surface area contributed by atoms with E-state index < -0.39 is 8.32 Å². The summed E-state index contributed by atoms with van der Waals surface area (Å²) in [7, 11) is -0.656. The van der Waals surface area contributed by atoms with Gasteiger partial charge < -0.3 is 14.5 Å². The highest BCUT2D eigenvalue weighted by molar-refractivity contribution is 6.99. The maximum absolute atomic E-state index is 6.98. The molecular weight excluding hydrogens is 338 g/mol. The highest BCUT2D eigenvalue weighted by Crippen LogP contribution is 2.37. The zero-order valence-electron chi connectivity index (χ0n) is 16.4. The fraction of sp³-hybridized carbons (Fsp3) is 0.455. The van der Waals surface area contributed by atoms with Gasteiger partial charge in [0.25, 0.3) is 8.32 Å². The van der Waals surface area contributed by atoms with Crippen molar-refractivity contribution in [3.05, 3.63) is 60.7 Å². The lowest BCUT2D eigenvalue weighted by molar-refractivity contribution is 0.0731. The molecule has 2 atom stereocenters. The fourth-order valence-electron chi connectivity index (χ4n) is 4.17. The zero-order chi connectivity index (χ0) is 18.6. The summed E-state index contributed by atoms with van der Waals surface area (Å²) in [6.07, 6.45) is 1.28. The first-order chi connectivity index (χ1) is 12.5. The van der Waals surface area contributed by atoms with Crippen LogP contribution < -0.4 is 15.7 Å². The Bertz CT molecular complexity index is 645. The standard InChI is InChI=1S/C22H31NO2Si/c1-22(2,3)26(18-11-7-5-8-12-18,19-13-9-6-10-14-19)25-17-20-21(24-4)15-16-23-20/h5-14,20-21,23H,15-17H2,1-4H3/t20-,21+/m0/s1. The highest BCUT2D eigenvalue weighted by atomic mass is 28.4. The number of ether oxygens (including phenoxy) is 1. The molecule has 26 heavy (non-hydrogen) atoms. The first kappa shape index (κ1) is 19.3. The van der Waals surface area contributed by atoms with Crippen LogP contribution in [0.2, 0.25) is 5.04 Å². The minimum absolute atomic E-state index is 0.0108. The minimum atomic E-state index is -2.45. The SMILES string of the molecule is CO[C@@H]1CCN[C@H]1CO[Si](c1ccccc1)(c1ccccc1)C(C)(C)C. The van der Waals surface area contributed by atoms with Crippen molar-refractivity contribution >= 4 is 18.7 Å². The first-order valence-corrected chi connectivity index (χ1v) is 11.4. The molecule has 0 aliphatic carbocycles. The Balaban J connectivity index is 2.03. The number of hydrogen-bond acceptors (Lipinski definition) is 3. The lowest BCUT2D eigenvalue weighted by atomic mass is 10.2. The molecule has 3 rings (SSSR count). The van der Waals surface area contributed by atoms with E-state index in [4.69, 9.17) is 9.16 Å². The second-order valence-electron chi connectivity index (χ2n) is 8.10. The number of nitrogens with one attached hydrogen (secondary N) is 1. The molecule has 0 unspecified atom stereocenters. The van der Waals surface area contributed by atoms with E-state index in [-0.39, 0.29) is 17.2 Å². The quantitative estimate of drug-likeness (QED) is 0.794. The Hall–Kier alpha value is -1.46. The lowest BCUT2D eigenvalue weighted by Crippen LogP contribution is -2.67. The monoisotopic (exact) mass is 369 g/mol. The molecule has 140 valence electrons. The number of methoxy groups -OCH3 is 1. The Morgan fingerprint density at radius 2 is 1.50 bits per heavy atom. The van der Waals surface area contributed by atoms with Crippen molar-refractivity contribution in [2.24, 2.45) is 0 Å². The molecule has 0 aromatic heterocycles. The van der Waals surface area contributed by atoms with Crippen molar-refractivity contribution < 1.29 is 9.16 Å². The molecule has 2 aromatic rings. The van der Waals surface area contributed by atoms with E-state index >= 15 is 0 Å². The molecule has 2 aromatic carbocycles. The molecule has 3 nitrogen and oxygen atoms in total. The van der Waals surface area contributed by atoms with Crippen molar-refractivity contribution in [2.45, 2.75) is 44.4 Å². The summed E-state index contributed by atoms with van der Waals surface area (Å²) in [4.78, 5) is 0. The van der Waals surface area contributed by atoms with Crippen LogP contribution in [0.15, 0.2) is 60.7 Å². The average Bonchev–Trinajstić information content (AvgIpc) is 3.10. The third kappa shape index (κ3) is 3.65. The van der Waals surface area contributed by atoms with Crippen LogP contribution in [-0.2, 0) is 9.16 Å². The molecule has 1 saturated heterocycles. The van der Waals surface area contributed by atoms with Gasteiger partial charge >= 0.3 is 0 Å². The second kappa shape index (κ2) is 8.05. The predicted octanol–water partition coefficient (Wildman–Crippen LogP) is 2.94. The van der Waals surface area contributed by atoms with Gasteiger partial charge in [0, 0.05) is 7.11 Å². The van der Waals surface area contributed by atoms with Gasteiger partial charge in [-0.1, -0.05) is 81.4 Å². The van der Waals surface area contributed by atoms with Gasteiger partial charge in [-0.2, -0.15) is 0 Å². The van der Waals surface area contributed by atoms with Crippen LogP contribution in [0.5, 0.6) is 0 Å². The normalized spacial score (nSPS) is 21.1. The molecule has 4 heteroatoms. The number of hydrogen-bond donors (Lipinski definition) is 1. The van der Waals surface area contributed by atoms with Crippen LogP contribution in [0.25, 0.3) is 0 Å². The molecule has 0 spiro atoms. The number of rotatable bonds is 6. The van der Waals surface area contributed by atoms with Gasteiger partial charge in [-0.15, -0.1) is 0 Å². The second-order valence-corrected chi connectivity index (χ2v) is 12.4. The summed E-state index contributed by atoms with van der Waals surface area (Å²) in [5.41, 5.74) is 0. The smallest absolute Gasteiger partial charge is 0.261 e. The third-order valence-corrected chi connectivity index (χ3v) is 10.5. The molecule has 1 heterocycles. The van der Waals surface area contributed by atoms with Crippen LogP contribution in [0.3, 0.4) is 0 Å². The van der Waals surface area contributed by atoms with Crippen molar-refractivity contribution in [1.82, 2.24) is 5.32 Å². The first-order valence-electron chi connectivity index (χ1n) is 9.50. The Morgan fingerprint density at radius 3 is 1.96 bits per heavy atom. The summed E-state index contributed by atoms with van der Waals surface area (Å²) >= 11 is 0. The molecule has 0 amide bonds. The molecule has 0 saturated carbocycles. The third-order valence-electron chi connectivity index (χ3n) is 5.48. The maximum Gasteiger partial charge on any atom is 0.261 e. The van der Waals surface area contributed by atoms with E-state index in [1.165, 1.54) is 10.4 Å². The van der Waals surface area contributed by atoms with Gasteiger partial charge in [-0.25, -0.2) is 0 Å². The van der Waals surface area contributed by atoms with Gasteiger partial charge in [0.1, 0.15) is 0 Å². The Kier molecular flexibility index (Phi) is 5.98. The highest BCUT2D eigenvalue weighted by Gasteiger charge is 2.50. The Morgan fingerprint density at radius 1 is 0.962 bits per heavy atom. The van der Waals surface area contributed by atoms with E-state index in [9.17, 15) is 0 Å². The topological polar surface area (TPSA) is 30.5 Å².